The highest BCUT2D eigenvalue weighted by molar-refractivity contribution is 5.93. The number of rotatable bonds is 2. The number of fused-ring (bicyclic) bond motifs is 1. The number of H-pyrrole nitrogens is 1. The van der Waals surface area contributed by atoms with E-state index in [9.17, 15) is 9.90 Å². The van der Waals surface area contributed by atoms with Gasteiger partial charge in [-0.3, -0.25) is 0 Å². The zero-order valence-electron chi connectivity index (χ0n) is 13.2. The molecule has 0 saturated heterocycles. The van der Waals surface area contributed by atoms with Crippen molar-refractivity contribution in [1.29, 1.82) is 0 Å². The maximum Gasteiger partial charge on any atom is 0.337 e. The number of benzene rings is 2. The van der Waals surface area contributed by atoms with Gasteiger partial charge < -0.3 is 14.7 Å². The number of carbonyl (C=O) groups is 1. The first-order valence-corrected chi connectivity index (χ1v) is 7.82. The van der Waals surface area contributed by atoms with E-state index in [0.29, 0.717) is 11.3 Å². The number of hydrogen-bond donors (Lipinski definition) is 2. The van der Waals surface area contributed by atoms with E-state index in [1.54, 1.807) is 16.7 Å². The van der Waals surface area contributed by atoms with E-state index >= 15 is 0 Å². The Morgan fingerprint density at radius 2 is 1.64 bits per heavy atom. The number of nitrogens with zero attached hydrogens (tertiary/aromatic N) is 1. The SMILES string of the molecule is O=C(O)c1cccc(C#Cc2cccc3[nH]ccc23)c1-n1cccc1. The van der Waals surface area contributed by atoms with Gasteiger partial charge in [-0.15, -0.1) is 0 Å². The van der Waals surface area contributed by atoms with Crippen molar-refractivity contribution in [3.63, 3.8) is 0 Å². The van der Waals surface area contributed by atoms with Crippen molar-refractivity contribution in [3.8, 4) is 17.5 Å². The van der Waals surface area contributed by atoms with E-state index in [2.05, 4.69) is 16.8 Å². The topological polar surface area (TPSA) is 58.0 Å². The molecule has 4 rings (SSSR count). The fourth-order valence-electron chi connectivity index (χ4n) is 2.91. The summed E-state index contributed by atoms with van der Waals surface area (Å²) in [5.74, 6) is 5.36. The van der Waals surface area contributed by atoms with Crippen molar-refractivity contribution in [2.75, 3.05) is 0 Å². The molecular formula is C21H14N2O2. The average molecular weight is 326 g/mol. The van der Waals surface area contributed by atoms with Crippen LogP contribution in [0.25, 0.3) is 16.6 Å². The second-order valence-corrected chi connectivity index (χ2v) is 5.59. The molecule has 0 fully saturated rings. The fraction of sp³-hybridized carbons (Fsp3) is 0. The molecular weight excluding hydrogens is 312 g/mol. The van der Waals surface area contributed by atoms with E-state index in [1.807, 2.05) is 61.1 Å². The van der Waals surface area contributed by atoms with Crippen molar-refractivity contribution in [3.05, 3.63) is 89.9 Å². The molecule has 2 N–H and O–H groups in total. The van der Waals surface area contributed by atoms with E-state index in [1.165, 1.54) is 0 Å². The van der Waals surface area contributed by atoms with Gasteiger partial charge in [-0.1, -0.05) is 24.0 Å². The Morgan fingerprint density at radius 3 is 2.44 bits per heavy atom. The minimum atomic E-state index is -0.972. The van der Waals surface area contributed by atoms with Gasteiger partial charge in [0.1, 0.15) is 0 Å². The van der Waals surface area contributed by atoms with Crippen LogP contribution in [0.1, 0.15) is 21.5 Å². The molecule has 2 heterocycles. The van der Waals surface area contributed by atoms with Gasteiger partial charge in [0.05, 0.1) is 11.3 Å². The van der Waals surface area contributed by atoms with E-state index < -0.39 is 5.97 Å². The summed E-state index contributed by atoms with van der Waals surface area (Å²) in [5, 5.41) is 10.6. The van der Waals surface area contributed by atoms with Gasteiger partial charge in [0.25, 0.3) is 0 Å². The first-order valence-electron chi connectivity index (χ1n) is 7.82. The third-order valence-electron chi connectivity index (χ3n) is 4.06. The Kier molecular flexibility index (Phi) is 3.60. The van der Waals surface area contributed by atoms with Gasteiger partial charge in [0.2, 0.25) is 0 Å². The zero-order chi connectivity index (χ0) is 17.2. The quantitative estimate of drug-likeness (QED) is 0.546. The average Bonchev–Trinajstić information content (AvgIpc) is 3.30. The standard InChI is InChI=1S/C21H14N2O2/c24-21(25)18-7-3-6-16(20(18)23-13-1-2-14-23)10-9-15-5-4-8-19-17(15)11-12-22-19/h1-8,11-14,22H,(H,24,25). The van der Waals surface area contributed by atoms with Gasteiger partial charge in [-0.25, -0.2) is 4.79 Å². The normalized spacial score (nSPS) is 10.4. The van der Waals surface area contributed by atoms with Crippen LogP contribution < -0.4 is 0 Å². The summed E-state index contributed by atoms with van der Waals surface area (Å²) in [7, 11) is 0. The number of aromatic amines is 1. The number of hydrogen-bond acceptors (Lipinski definition) is 1. The molecule has 4 nitrogen and oxygen atoms in total. The van der Waals surface area contributed by atoms with Crippen LogP contribution in [0.15, 0.2) is 73.2 Å². The van der Waals surface area contributed by atoms with E-state index in [-0.39, 0.29) is 5.56 Å². The van der Waals surface area contributed by atoms with Gasteiger partial charge in [-0.2, -0.15) is 0 Å². The Morgan fingerprint density at radius 1 is 0.920 bits per heavy atom. The van der Waals surface area contributed by atoms with E-state index in [0.717, 1.165) is 16.5 Å². The molecule has 120 valence electrons. The summed E-state index contributed by atoms with van der Waals surface area (Å²) < 4.78 is 1.78. The van der Waals surface area contributed by atoms with Crippen LogP contribution in [0.5, 0.6) is 0 Å². The molecule has 0 aliphatic carbocycles. The second kappa shape index (κ2) is 6.06. The van der Waals surface area contributed by atoms with Crippen molar-refractivity contribution in [1.82, 2.24) is 9.55 Å². The summed E-state index contributed by atoms with van der Waals surface area (Å²) in [5.41, 5.74) is 3.40. The number of para-hydroxylation sites is 1. The predicted molar refractivity (Wildman–Crippen MR) is 97.0 cm³/mol. The van der Waals surface area contributed by atoms with Crippen LogP contribution in [0.2, 0.25) is 0 Å². The monoisotopic (exact) mass is 326 g/mol. The molecule has 0 spiro atoms. The van der Waals surface area contributed by atoms with Crippen molar-refractivity contribution in [2.45, 2.75) is 0 Å². The smallest absolute Gasteiger partial charge is 0.337 e. The first-order chi connectivity index (χ1) is 12.2. The molecule has 0 unspecified atom stereocenters. The molecule has 4 aromatic rings. The third-order valence-corrected chi connectivity index (χ3v) is 4.06. The van der Waals surface area contributed by atoms with Crippen molar-refractivity contribution in [2.24, 2.45) is 0 Å². The summed E-state index contributed by atoms with van der Waals surface area (Å²) in [6, 6.07) is 16.8. The Bertz CT molecular complexity index is 1130. The van der Waals surface area contributed by atoms with E-state index in [4.69, 9.17) is 0 Å². The zero-order valence-corrected chi connectivity index (χ0v) is 13.2. The number of nitrogens with one attached hydrogen (secondary N) is 1. The van der Waals surface area contributed by atoms with Gasteiger partial charge in [0.15, 0.2) is 0 Å². The van der Waals surface area contributed by atoms with Gasteiger partial charge in [0, 0.05) is 40.6 Å². The molecule has 0 bridgehead atoms. The molecule has 25 heavy (non-hydrogen) atoms. The summed E-state index contributed by atoms with van der Waals surface area (Å²) in [4.78, 5) is 14.8. The number of aromatic nitrogens is 2. The molecule has 0 atom stereocenters. The molecule has 2 aromatic heterocycles. The van der Waals surface area contributed by atoms with Crippen molar-refractivity contribution < 1.29 is 9.90 Å². The molecule has 0 saturated carbocycles. The molecule has 0 radical (unpaired) electrons. The third kappa shape index (κ3) is 2.68. The number of carboxylic acids is 1. The number of aromatic carboxylic acids is 1. The second-order valence-electron chi connectivity index (χ2n) is 5.59. The van der Waals surface area contributed by atoms with Crippen LogP contribution in [-0.4, -0.2) is 20.6 Å². The lowest BCUT2D eigenvalue weighted by molar-refractivity contribution is 0.0697. The fourth-order valence-corrected chi connectivity index (χ4v) is 2.91. The minimum Gasteiger partial charge on any atom is -0.478 e. The molecule has 0 aliphatic rings. The van der Waals surface area contributed by atoms with Crippen LogP contribution >= 0.6 is 0 Å². The summed E-state index contributed by atoms with van der Waals surface area (Å²) in [6.45, 7) is 0. The Balaban J connectivity index is 1.89. The molecule has 2 aromatic carbocycles. The maximum atomic E-state index is 11.6. The van der Waals surface area contributed by atoms with Gasteiger partial charge >= 0.3 is 5.97 Å². The predicted octanol–water partition coefficient (Wildman–Crippen LogP) is 4.06. The van der Waals surface area contributed by atoms with Crippen LogP contribution in [-0.2, 0) is 0 Å². The lowest BCUT2D eigenvalue weighted by atomic mass is 10.1. The van der Waals surface area contributed by atoms with Crippen LogP contribution in [0.3, 0.4) is 0 Å². The minimum absolute atomic E-state index is 0.225. The molecule has 0 amide bonds. The lowest BCUT2D eigenvalue weighted by Gasteiger charge is -2.10. The largest absolute Gasteiger partial charge is 0.478 e. The Labute approximate surface area is 144 Å². The number of carboxylic acid groups (broad SMARTS) is 1. The molecule has 4 heteroatoms. The van der Waals surface area contributed by atoms with Gasteiger partial charge in [-0.05, 0) is 42.5 Å². The first kappa shape index (κ1) is 14.9. The van der Waals surface area contributed by atoms with Crippen LogP contribution in [0.4, 0.5) is 0 Å². The highest BCUT2D eigenvalue weighted by Crippen LogP contribution is 2.21. The highest BCUT2D eigenvalue weighted by Gasteiger charge is 2.14. The lowest BCUT2D eigenvalue weighted by Crippen LogP contribution is -2.06. The maximum absolute atomic E-state index is 11.6. The summed E-state index contributed by atoms with van der Waals surface area (Å²) >= 11 is 0. The summed E-state index contributed by atoms with van der Waals surface area (Å²) in [6.07, 6.45) is 5.52. The Hall–Kier alpha value is -3.71. The van der Waals surface area contributed by atoms with Crippen LogP contribution in [0, 0.1) is 11.8 Å². The molecule has 0 aliphatic heterocycles. The highest BCUT2D eigenvalue weighted by atomic mass is 16.4. The van der Waals surface area contributed by atoms with Crippen molar-refractivity contribution >= 4 is 16.9 Å².